The number of non-ortho nitro benzene ring substituents is 1. The molecule has 0 unspecified atom stereocenters. The Hall–Kier alpha value is -2.89. The molecular formula is C15H14N2O4. The van der Waals surface area contributed by atoms with E-state index in [4.69, 9.17) is 9.57 Å². The number of rotatable bonds is 5. The summed E-state index contributed by atoms with van der Waals surface area (Å²) in [6.45, 7) is 1.77. The molecular weight excluding hydrogens is 272 g/mol. The Morgan fingerprint density at radius 3 is 2.43 bits per heavy atom. The van der Waals surface area contributed by atoms with Gasteiger partial charge in [-0.05, 0) is 36.8 Å². The monoisotopic (exact) mass is 286 g/mol. The van der Waals surface area contributed by atoms with Crippen molar-refractivity contribution in [2.24, 2.45) is 5.16 Å². The van der Waals surface area contributed by atoms with Crippen LogP contribution < -0.4 is 9.57 Å². The van der Waals surface area contributed by atoms with Crippen LogP contribution in [-0.4, -0.2) is 17.7 Å². The van der Waals surface area contributed by atoms with Crippen molar-refractivity contribution in [2.75, 3.05) is 7.11 Å². The number of nitrogens with zero attached hydrogens (tertiary/aromatic N) is 2. The molecule has 0 bridgehead atoms. The lowest BCUT2D eigenvalue weighted by atomic mass is 10.1. The summed E-state index contributed by atoms with van der Waals surface area (Å²) in [5, 5.41) is 14.6. The molecule has 0 heterocycles. The minimum absolute atomic E-state index is 0.0419. The van der Waals surface area contributed by atoms with Crippen LogP contribution in [0.5, 0.6) is 11.5 Å². The van der Waals surface area contributed by atoms with Gasteiger partial charge in [0.1, 0.15) is 5.75 Å². The highest BCUT2D eigenvalue weighted by Gasteiger charge is 2.06. The van der Waals surface area contributed by atoms with Gasteiger partial charge in [-0.15, -0.1) is 0 Å². The van der Waals surface area contributed by atoms with Gasteiger partial charge < -0.3 is 9.57 Å². The van der Waals surface area contributed by atoms with Crippen LogP contribution in [-0.2, 0) is 0 Å². The molecule has 0 aliphatic carbocycles. The van der Waals surface area contributed by atoms with Crippen molar-refractivity contribution in [2.45, 2.75) is 6.92 Å². The maximum Gasteiger partial charge on any atom is 0.269 e. The fraction of sp³-hybridized carbons (Fsp3) is 0.133. The third-order valence-corrected chi connectivity index (χ3v) is 2.83. The summed E-state index contributed by atoms with van der Waals surface area (Å²) < 4.78 is 5.09. The quantitative estimate of drug-likeness (QED) is 0.479. The van der Waals surface area contributed by atoms with Crippen LogP contribution in [0.25, 0.3) is 0 Å². The van der Waals surface area contributed by atoms with Crippen LogP contribution in [0.1, 0.15) is 12.5 Å². The van der Waals surface area contributed by atoms with Crippen molar-refractivity contribution in [1.82, 2.24) is 0 Å². The highest BCUT2D eigenvalue weighted by Crippen LogP contribution is 2.19. The molecule has 0 atom stereocenters. The zero-order chi connectivity index (χ0) is 15.2. The molecule has 0 amide bonds. The van der Waals surface area contributed by atoms with E-state index in [0.717, 1.165) is 5.56 Å². The van der Waals surface area contributed by atoms with Gasteiger partial charge in [-0.2, -0.15) is 0 Å². The molecule has 0 saturated carbocycles. The molecule has 2 aromatic carbocycles. The largest absolute Gasteiger partial charge is 0.497 e. The predicted octanol–water partition coefficient (Wildman–Crippen LogP) is 3.41. The first kappa shape index (κ1) is 14.5. The van der Waals surface area contributed by atoms with Crippen molar-refractivity contribution >= 4 is 11.4 Å². The van der Waals surface area contributed by atoms with Gasteiger partial charge in [0.15, 0.2) is 5.75 Å². The number of methoxy groups -OCH3 is 1. The van der Waals surface area contributed by atoms with Gasteiger partial charge in [-0.1, -0.05) is 11.2 Å². The third kappa shape index (κ3) is 3.79. The lowest BCUT2D eigenvalue weighted by Crippen LogP contribution is -1.98. The van der Waals surface area contributed by atoms with Crippen LogP contribution >= 0.6 is 0 Å². The minimum Gasteiger partial charge on any atom is -0.497 e. The molecule has 0 spiro atoms. The van der Waals surface area contributed by atoms with Crippen molar-refractivity contribution in [3.05, 3.63) is 64.2 Å². The number of oxime groups is 1. The molecule has 6 heteroatoms. The van der Waals surface area contributed by atoms with Gasteiger partial charge in [0.25, 0.3) is 5.69 Å². The van der Waals surface area contributed by atoms with E-state index in [1.54, 1.807) is 50.4 Å². The maximum absolute atomic E-state index is 10.6. The Morgan fingerprint density at radius 2 is 1.81 bits per heavy atom. The van der Waals surface area contributed by atoms with E-state index in [1.165, 1.54) is 12.1 Å². The Labute approximate surface area is 121 Å². The molecule has 2 rings (SSSR count). The first-order valence-corrected chi connectivity index (χ1v) is 6.20. The second-order valence-electron chi connectivity index (χ2n) is 4.25. The smallest absolute Gasteiger partial charge is 0.269 e. The molecule has 0 aliphatic rings. The Morgan fingerprint density at radius 1 is 1.14 bits per heavy atom. The summed E-state index contributed by atoms with van der Waals surface area (Å²) in [5.74, 6) is 1.23. The highest BCUT2D eigenvalue weighted by molar-refractivity contribution is 5.98. The molecule has 0 aromatic heterocycles. The Bertz CT molecular complexity index is 666. The summed E-state index contributed by atoms with van der Waals surface area (Å²) in [7, 11) is 1.57. The number of hydrogen-bond donors (Lipinski definition) is 0. The second-order valence-corrected chi connectivity index (χ2v) is 4.25. The van der Waals surface area contributed by atoms with Gasteiger partial charge in [-0.25, -0.2) is 0 Å². The SMILES string of the molecule is COc1cccc(O/N=C(\C)c2ccc([N+](=O)[O-])cc2)c1. The summed E-state index contributed by atoms with van der Waals surface area (Å²) in [4.78, 5) is 15.5. The number of nitro groups is 1. The molecule has 0 aliphatic heterocycles. The van der Waals surface area contributed by atoms with Gasteiger partial charge >= 0.3 is 0 Å². The Kier molecular flexibility index (Phi) is 4.50. The zero-order valence-electron chi connectivity index (χ0n) is 11.6. The molecule has 108 valence electrons. The topological polar surface area (TPSA) is 74.0 Å². The first-order valence-electron chi connectivity index (χ1n) is 6.20. The van der Waals surface area contributed by atoms with Gasteiger partial charge in [0, 0.05) is 18.2 Å². The summed E-state index contributed by atoms with van der Waals surface area (Å²) >= 11 is 0. The Balaban J connectivity index is 2.11. The molecule has 0 N–H and O–H groups in total. The second kappa shape index (κ2) is 6.51. The molecule has 0 saturated heterocycles. The molecule has 6 nitrogen and oxygen atoms in total. The van der Waals surface area contributed by atoms with Crippen LogP contribution in [0.4, 0.5) is 5.69 Å². The van der Waals surface area contributed by atoms with E-state index >= 15 is 0 Å². The molecule has 21 heavy (non-hydrogen) atoms. The number of nitro benzene ring substituents is 1. The third-order valence-electron chi connectivity index (χ3n) is 2.83. The van der Waals surface area contributed by atoms with Crippen LogP contribution in [0, 0.1) is 10.1 Å². The summed E-state index contributed by atoms with van der Waals surface area (Å²) in [6, 6.07) is 13.2. The maximum atomic E-state index is 10.6. The van der Waals surface area contributed by atoms with E-state index in [-0.39, 0.29) is 5.69 Å². The van der Waals surface area contributed by atoms with E-state index in [1.807, 2.05) is 0 Å². The number of hydrogen-bond acceptors (Lipinski definition) is 5. The normalized spacial score (nSPS) is 11.0. The highest BCUT2D eigenvalue weighted by atomic mass is 16.6. The van der Waals surface area contributed by atoms with E-state index in [9.17, 15) is 10.1 Å². The van der Waals surface area contributed by atoms with Gasteiger partial charge in [0.2, 0.25) is 0 Å². The zero-order valence-corrected chi connectivity index (χ0v) is 11.6. The van der Waals surface area contributed by atoms with Crippen molar-refractivity contribution in [3.8, 4) is 11.5 Å². The van der Waals surface area contributed by atoms with Crippen molar-refractivity contribution in [3.63, 3.8) is 0 Å². The van der Waals surface area contributed by atoms with Crippen LogP contribution in [0.2, 0.25) is 0 Å². The number of benzene rings is 2. The molecule has 0 fully saturated rings. The summed E-state index contributed by atoms with van der Waals surface area (Å²) in [6.07, 6.45) is 0. The lowest BCUT2D eigenvalue weighted by molar-refractivity contribution is -0.384. The fourth-order valence-electron chi connectivity index (χ4n) is 1.66. The van der Waals surface area contributed by atoms with Gasteiger partial charge in [-0.3, -0.25) is 10.1 Å². The van der Waals surface area contributed by atoms with Crippen LogP contribution in [0.3, 0.4) is 0 Å². The molecule has 2 aromatic rings. The van der Waals surface area contributed by atoms with E-state index in [2.05, 4.69) is 5.16 Å². The minimum atomic E-state index is -0.441. The summed E-state index contributed by atoms with van der Waals surface area (Å²) in [5.41, 5.74) is 1.41. The average molecular weight is 286 g/mol. The van der Waals surface area contributed by atoms with Gasteiger partial charge in [0.05, 0.1) is 17.7 Å². The van der Waals surface area contributed by atoms with Crippen molar-refractivity contribution < 1.29 is 14.5 Å². The molecule has 0 radical (unpaired) electrons. The van der Waals surface area contributed by atoms with E-state index < -0.39 is 4.92 Å². The van der Waals surface area contributed by atoms with Crippen molar-refractivity contribution in [1.29, 1.82) is 0 Å². The van der Waals surface area contributed by atoms with E-state index in [0.29, 0.717) is 17.2 Å². The van der Waals surface area contributed by atoms with Crippen LogP contribution in [0.15, 0.2) is 53.7 Å². The standard InChI is InChI=1S/C15H14N2O4/c1-11(12-6-8-13(9-7-12)17(18)19)16-21-15-5-3-4-14(10-15)20-2/h3-10H,1-2H3/b16-11+. The fourth-order valence-corrected chi connectivity index (χ4v) is 1.66. The first-order chi connectivity index (χ1) is 10.1. The lowest BCUT2D eigenvalue weighted by Gasteiger charge is -2.04. The number of ether oxygens (including phenoxy) is 1. The predicted molar refractivity (Wildman–Crippen MR) is 78.9 cm³/mol. The average Bonchev–Trinajstić information content (AvgIpc) is 2.53.